The maximum Gasteiger partial charge on any atom is 0.224 e. The fourth-order valence-electron chi connectivity index (χ4n) is 2.49. The second kappa shape index (κ2) is 8.28. The number of nitrogens with zero attached hydrogens (tertiary/aromatic N) is 2. The van der Waals surface area contributed by atoms with E-state index < -0.39 is 0 Å². The van der Waals surface area contributed by atoms with E-state index in [1.807, 2.05) is 9.80 Å². The van der Waals surface area contributed by atoms with E-state index in [1.54, 1.807) is 6.92 Å². The molecule has 0 spiro atoms. The van der Waals surface area contributed by atoms with Gasteiger partial charge in [-0.15, -0.1) is 0 Å². The van der Waals surface area contributed by atoms with Gasteiger partial charge in [0.15, 0.2) is 0 Å². The van der Waals surface area contributed by atoms with Crippen LogP contribution < -0.4 is 0 Å². The second-order valence-electron chi connectivity index (χ2n) is 6.50. The van der Waals surface area contributed by atoms with Crippen LogP contribution in [0.2, 0.25) is 0 Å². The van der Waals surface area contributed by atoms with Crippen molar-refractivity contribution in [2.75, 3.05) is 26.2 Å². The molecule has 20 heavy (non-hydrogen) atoms. The summed E-state index contributed by atoms with van der Waals surface area (Å²) in [5.74, 6) is 1.59. The number of rotatable bonds is 6. The molecule has 1 rings (SSSR count). The van der Waals surface area contributed by atoms with Crippen LogP contribution in [0.4, 0.5) is 0 Å². The number of hydrogen-bond acceptors (Lipinski definition) is 2. The summed E-state index contributed by atoms with van der Waals surface area (Å²) >= 11 is 0. The molecule has 1 aliphatic heterocycles. The lowest BCUT2D eigenvalue weighted by Gasteiger charge is -2.31. The molecule has 0 aromatic rings. The van der Waals surface area contributed by atoms with Gasteiger partial charge in [-0.2, -0.15) is 0 Å². The Labute approximate surface area is 123 Å². The molecule has 4 nitrogen and oxygen atoms in total. The zero-order valence-electron chi connectivity index (χ0n) is 13.5. The van der Waals surface area contributed by atoms with Crippen LogP contribution in [0.5, 0.6) is 0 Å². The maximum atomic E-state index is 12.2. The highest BCUT2D eigenvalue weighted by molar-refractivity contribution is 5.78. The molecule has 0 bridgehead atoms. The van der Waals surface area contributed by atoms with Crippen LogP contribution >= 0.6 is 0 Å². The maximum absolute atomic E-state index is 12.2. The van der Waals surface area contributed by atoms with Crippen molar-refractivity contribution in [2.24, 2.45) is 11.8 Å². The Morgan fingerprint density at radius 2 is 1.80 bits per heavy atom. The zero-order chi connectivity index (χ0) is 15.1. The van der Waals surface area contributed by atoms with Gasteiger partial charge < -0.3 is 9.80 Å². The van der Waals surface area contributed by atoms with Gasteiger partial charge in [-0.3, -0.25) is 9.59 Å². The van der Waals surface area contributed by atoms with Crippen LogP contribution in [0.25, 0.3) is 0 Å². The Morgan fingerprint density at radius 3 is 2.30 bits per heavy atom. The van der Waals surface area contributed by atoms with Crippen molar-refractivity contribution in [3.8, 4) is 0 Å². The van der Waals surface area contributed by atoms with Gasteiger partial charge >= 0.3 is 0 Å². The third-order valence-electron chi connectivity index (χ3n) is 4.15. The standard InChI is InChI=1S/C16H30N2O2/c1-13(2)5-9-17(15(4)19)12-8-16(20)18-10-6-14(3)7-11-18/h13-14H,5-12H2,1-4H3. The Hall–Kier alpha value is -1.06. The third kappa shape index (κ3) is 5.93. The van der Waals surface area contributed by atoms with E-state index >= 15 is 0 Å². The van der Waals surface area contributed by atoms with Crippen molar-refractivity contribution in [1.29, 1.82) is 0 Å². The summed E-state index contributed by atoms with van der Waals surface area (Å²) in [6, 6.07) is 0. The Kier molecular flexibility index (Phi) is 7.03. The minimum absolute atomic E-state index is 0.0747. The van der Waals surface area contributed by atoms with E-state index in [0.717, 1.165) is 44.8 Å². The highest BCUT2D eigenvalue weighted by Crippen LogP contribution is 2.16. The van der Waals surface area contributed by atoms with E-state index in [-0.39, 0.29) is 11.8 Å². The zero-order valence-corrected chi connectivity index (χ0v) is 13.5. The number of likely N-dealkylation sites (tertiary alicyclic amines) is 1. The van der Waals surface area contributed by atoms with Crippen LogP contribution in [-0.4, -0.2) is 47.8 Å². The van der Waals surface area contributed by atoms with Gasteiger partial charge in [0.1, 0.15) is 0 Å². The number of carbonyl (C=O) groups is 2. The summed E-state index contributed by atoms with van der Waals surface area (Å²) in [7, 11) is 0. The molecule has 0 atom stereocenters. The van der Waals surface area contributed by atoms with Crippen LogP contribution in [-0.2, 0) is 9.59 Å². The van der Waals surface area contributed by atoms with Gasteiger partial charge in [-0.1, -0.05) is 20.8 Å². The lowest BCUT2D eigenvalue weighted by atomic mass is 9.99. The Balaban J connectivity index is 2.34. The average molecular weight is 282 g/mol. The predicted octanol–water partition coefficient (Wildman–Crippen LogP) is 2.53. The SMILES string of the molecule is CC(=O)N(CCC(=O)N1CCC(C)CC1)CCC(C)C. The average Bonchev–Trinajstić information content (AvgIpc) is 2.38. The molecule has 0 unspecified atom stereocenters. The fraction of sp³-hybridized carbons (Fsp3) is 0.875. The monoisotopic (exact) mass is 282 g/mol. The molecular weight excluding hydrogens is 252 g/mol. The van der Waals surface area contributed by atoms with E-state index in [1.165, 1.54) is 0 Å². The first-order valence-corrected chi connectivity index (χ1v) is 7.93. The summed E-state index contributed by atoms with van der Waals surface area (Å²) in [5, 5.41) is 0. The lowest BCUT2D eigenvalue weighted by molar-refractivity contribution is -0.134. The van der Waals surface area contributed by atoms with Gasteiger partial charge in [0.25, 0.3) is 0 Å². The first-order valence-electron chi connectivity index (χ1n) is 7.93. The van der Waals surface area contributed by atoms with Crippen molar-refractivity contribution >= 4 is 11.8 Å². The van der Waals surface area contributed by atoms with Crippen molar-refractivity contribution in [3.05, 3.63) is 0 Å². The molecule has 0 saturated carbocycles. The van der Waals surface area contributed by atoms with E-state index in [4.69, 9.17) is 0 Å². The molecule has 116 valence electrons. The molecule has 0 aliphatic carbocycles. The smallest absolute Gasteiger partial charge is 0.224 e. The molecule has 1 saturated heterocycles. The van der Waals surface area contributed by atoms with Gasteiger partial charge in [0.05, 0.1) is 0 Å². The highest BCUT2D eigenvalue weighted by atomic mass is 16.2. The first kappa shape index (κ1) is 17.0. The van der Waals surface area contributed by atoms with E-state index in [0.29, 0.717) is 18.9 Å². The minimum Gasteiger partial charge on any atom is -0.343 e. The first-order chi connectivity index (χ1) is 9.40. The van der Waals surface area contributed by atoms with Crippen LogP contribution in [0.15, 0.2) is 0 Å². The summed E-state index contributed by atoms with van der Waals surface area (Å²) in [4.78, 5) is 27.5. The Morgan fingerprint density at radius 1 is 1.20 bits per heavy atom. The van der Waals surface area contributed by atoms with Crippen molar-refractivity contribution in [1.82, 2.24) is 9.80 Å². The number of amides is 2. The number of carbonyl (C=O) groups excluding carboxylic acids is 2. The van der Waals surface area contributed by atoms with Gasteiger partial charge in [-0.25, -0.2) is 0 Å². The van der Waals surface area contributed by atoms with Crippen LogP contribution in [0.1, 0.15) is 53.4 Å². The summed E-state index contributed by atoms with van der Waals surface area (Å²) in [5.41, 5.74) is 0. The Bertz CT molecular complexity index is 320. The van der Waals surface area contributed by atoms with Crippen molar-refractivity contribution in [3.63, 3.8) is 0 Å². The molecule has 2 amide bonds. The minimum atomic E-state index is 0.0747. The van der Waals surface area contributed by atoms with E-state index in [2.05, 4.69) is 20.8 Å². The third-order valence-corrected chi connectivity index (χ3v) is 4.15. The largest absolute Gasteiger partial charge is 0.343 e. The fourth-order valence-corrected chi connectivity index (χ4v) is 2.49. The quantitative estimate of drug-likeness (QED) is 0.751. The van der Waals surface area contributed by atoms with Crippen molar-refractivity contribution in [2.45, 2.75) is 53.4 Å². The summed E-state index contributed by atoms with van der Waals surface area (Å²) in [6.07, 6.45) is 3.67. The molecule has 0 aromatic carbocycles. The molecule has 1 fully saturated rings. The highest BCUT2D eigenvalue weighted by Gasteiger charge is 2.21. The van der Waals surface area contributed by atoms with Crippen LogP contribution in [0, 0.1) is 11.8 Å². The van der Waals surface area contributed by atoms with Crippen molar-refractivity contribution < 1.29 is 9.59 Å². The van der Waals surface area contributed by atoms with Crippen LogP contribution in [0.3, 0.4) is 0 Å². The molecular formula is C16H30N2O2. The van der Waals surface area contributed by atoms with Gasteiger partial charge in [0.2, 0.25) is 11.8 Å². The van der Waals surface area contributed by atoms with Gasteiger partial charge in [0, 0.05) is 39.5 Å². The number of piperidine rings is 1. The molecule has 0 N–H and O–H groups in total. The van der Waals surface area contributed by atoms with E-state index in [9.17, 15) is 9.59 Å². The normalized spacial score (nSPS) is 16.6. The number of hydrogen-bond donors (Lipinski definition) is 0. The predicted molar refractivity (Wildman–Crippen MR) is 81.3 cm³/mol. The topological polar surface area (TPSA) is 40.6 Å². The lowest BCUT2D eigenvalue weighted by Crippen LogP contribution is -2.40. The summed E-state index contributed by atoms with van der Waals surface area (Å²) in [6.45, 7) is 11.2. The molecule has 1 heterocycles. The molecule has 4 heteroatoms. The summed E-state index contributed by atoms with van der Waals surface area (Å²) < 4.78 is 0. The second-order valence-corrected chi connectivity index (χ2v) is 6.50. The molecule has 1 aliphatic rings. The van der Waals surface area contributed by atoms with Gasteiger partial charge in [-0.05, 0) is 31.1 Å². The molecule has 0 aromatic heterocycles. The molecule has 0 radical (unpaired) electrons.